The molecule has 0 amide bonds. The number of hydrogen-bond acceptors (Lipinski definition) is 5. The van der Waals surface area contributed by atoms with Gasteiger partial charge in [0.1, 0.15) is 6.17 Å². The lowest BCUT2D eigenvalue weighted by Gasteiger charge is -2.43. The van der Waals surface area contributed by atoms with Crippen LogP contribution in [0, 0.1) is 5.92 Å². The highest BCUT2D eigenvalue weighted by atomic mass is 28.4. The zero-order chi connectivity index (χ0) is 25.3. The van der Waals surface area contributed by atoms with Gasteiger partial charge in [0, 0.05) is 25.7 Å². The number of ether oxygens (including phenoxy) is 2. The van der Waals surface area contributed by atoms with Gasteiger partial charge in [-0.25, -0.2) is 4.39 Å². The quantitative estimate of drug-likeness (QED) is 0.357. The van der Waals surface area contributed by atoms with Gasteiger partial charge in [-0.15, -0.1) is 0 Å². The molecule has 0 bridgehead atoms. The minimum absolute atomic E-state index is 0.0501. The molecule has 0 radical (unpaired) electrons. The maximum absolute atomic E-state index is 14.0. The number of hydrogen-bond donors (Lipinski definition) is 1. The molecule has 2 aromatic carbocycles. The van der Waals surface area contributed by atoms with E-state index in [1.54, 1.807) is 0 Å². The van der Waals surface area contributed by atoms with Crippen molar-refractivity contribution in [2.45, 2.75) is 44.4 Å². The van der Waals surface area contributed by atoms with Crippen LogP contribution in [0.25, 0.3) is 0 Å². The molecule has 194 valence electrons. The summed E-state index contributed by atoms with van der Waals surface area (Å²) in [6.45, 7) is 10.7. The summed E-state index contributed by atoms with van der Waals surface area (Å²) in [7, 11) is -0.586. The van der Waals surface area contributed by atoms with Gasteiger partial charge in [-0.05, 0) is 34.8 Å². The smallest absolute Gasteiger partial charge is 0.261 e. The highest BCUT2D eigenvalue weighted by Crippen LogP contribution is 2.36. The second-order valence-corrected chi connectivity index (χ2v) is 14.9. The fourth-order valence-electron chi connectivity index (χ4n) is 5.17. The zero-order valence-corrected chi connectivity index (χ0v) is 22.8. The number of nitrogens with zero attached hydrogens (tertiary/aromatic N) is 1. The molecule has 0 aromatic heterocycles. The number of nitrogens with two attached hydrogens (primary N) is 1. The molecule has 1 fully saturated rings. The van der Waals surface area contributed by atoms with Crippen LogP contribution in [-0.2, 0) is 13.9 Å². The average molecular weight is 503 g/mol. The highest BCUT2D eigenvalue weighted by Gasteiger charge is 2.50. The van der Waals surface area contributed by atoms with E-state index in [-0.39, 0.29) is 11.0 Å². The first-order valence-electron chi connectivity index (χ1n) is 12.7. The minimum atomic E-state index is -2.53. The summed E-state index contributed by atoms with van der Waals surface area (Å²) in [6, 6.07) is 20.9. The first-order chi connectivity index (χ1) is 16.8. The molecule has 1 aliphatic rings. The molecule has 1 saturated heterocycles. The Bertz CT molecular complexity index is 826. The van der Waals surface area contributed by atoms with Crippen molar-refractivity contribution in [3.8, 4) is 0 Å². The van der Waals surface area contributed by atoms with E-state index in [4.69, 9.17) is 19.6 Å². The summed E-state index contributed by atoms with van der Waals surface area (Å²) in [5.41, 5.74) is 6.04. The van der Waals surface area contributed by atoms with Crippen LogP contribution in [0.3, 0.4) is 0 Å². The van der Waals surface area contributed by atoms with E-state index in [1.165, 1.54) is 10.4 Å². The Morgan fingerprint density at radius 2 is 1.37 bits per heavy atom. The van der Waals surface area contributed by atoms with Crippen molar-refractivity contribution in [1.29, 1.82) is 0 Å². The Morgan fingerprint density at radius 3 is 1.91 bits per heavy atom. The number of alkyl halides is 1. The van der Waals surface area contributed by atoms with Crippen LogP contribution in [0.1, 0.15) is 27.2 Å². The molecule has 2 N–H and O–H groups in total. The molecule has 3 rings (SSSR count). The second-order valence-electron chi connectivity index (χ2n) is 10.6. The molecule has 3 atom stereocenters. The maximum Gasteiger partial charge on any atom is 0.261 e. The SMILES string of the molecule is CN1C[C@H](CCOCCOCCO[Si](c2ccccc2)(c2ccccc2)C(C)(C)C)[C@@H](N)[C@@H](F)C1. The summed E-state index contributed by atoms with van der Waals surface area (Å²) < 4.78 is 32.4. The third-order valence-electron chi connectivity index (χ3n) is 6.96. The predicted molar refractivity (Wildman–Crippen MR) is 144 cm³/mol. The Hall–Kier alpha value is -1.61. The van der Waals surface area contributed by atoms with Gasteiger partial charge >= 0.3 is 0 Å². The Balaban J connectivity index is 1.47. The van der Waals surface area contributed by atoms with E-state index >= 15 is 0 Å². The fourth-order valence-corrected chi connectivity index (χ4v) is 9.71. The van der Waals surface area contributed by atoms with Gasteiger partial charge in [0.05, 0.1) is 26.4 Å². The summed E-state index contributed by atoms with van der Waals surface area (Å²) in [6.07, 6.45) is -0.194. The van der Waals surface area contributed by atoms with E-state index in [0.29, 0.717) is 39.6 Å². The van der Waals surface area contributed by atoms with Gasteiger partial charge in [0.25, 0.3) is 8.32 Å². The number of halogens is 1. The molecule has 1 aliphatic heterocycles. The molecule has 5 nitrogen and oxygen atoms in total. The minimum Gasteiger partial charge on any atom is -0.405 e. The summed E-state index contributed by atoms with van der Waals surface area (Å²) in [5, 5.41) is 2.49. The lowest BCUT2D eigenvalue weighted by atomic mass is 9.89. The molecule has 0 spiro atoms. The molecule has 35 heavy (non-hydrogen) atoms. The lowest BCUT2D eigenvalue weighted by molar-refractivity contribution is 0.0212. The molecular weight excluding hydrogens is 459 g/mol. The van der Waals surface area contributed by atoms with Crippen LogP contribution in [0.5, 0.6) is 0 Å². The van der Waals surface area contributed by atoms with Crippen LogP contribution >= 0.6 is 0 Å². The first kappa shape index (κ1) is 28.0. The normalized spacial score (nSPS) is 21.8. The van der Waals surface area contributed by atoms with Crippen LogP contribution in [0.4, 0.5) is 4.39 Å². The third-order valence-corrected chi connectivity index (χ3v) is 12.0. The summed E-state index contributed by atoms with van der Waals surface area (Å²) in [5.74, 6) is 0.129. The Labute approximate surface area is 211 Å². The molecular formula is C28H43FN2O3Si. The van der Waals surface area contributed by atoms with Crippen molar-refractivity contribution < 1.29 is 18.3 Å². The topological polar surface area (TPSA) is 57.0 Å². The standard InChI is InChI=1S/C28H43FN2O3Si/c1-28(2,3)35(24-11-7-5-8-12-24,25-13-9-6-10-14-25)34-20-19-33-18-17-32-16-15-23-21-31(4)22-26(29)27(23)30/h5-14,23,26-27H,15-22,30H2,1-4H3/t23-,26-,27+/m0/s1. The molecule has 0 saturated carbocycles. The van der Waals surface area contributed by atoms with Gasteiger partial charge in [0.15, 0.2) is 0 Å². The third kappa shape index (κ3) is 7.21. The number of benzene rings is 2. The monoisotopic (exact) mass is 502 g/mol. The van der Waals surface area contributed by atoms with E-state index < -0.39 is 20.5 Å². The van der Waals surface area contributed by atoms with Crippen molar-refractivity contribution in [3.63, 3.8) is 0 Å². The van der Waals surface area contributed by atoms with Crippen LogP contribution < -0.4 is 16.1 Å². The fraction of sp³-hybridized carbons (Fsp3) is 0.571. The van der Waals surface area contributed by atoms with E-state index in [0.717, 1.165) is 13.0 Å². The molecule has 7 heteroatoms. The molecule has 2 aromatic rings. The Morgan fingerprint density at radius 1 is 0.857 bits per heavy atom. The van der Waals surface area contributed by atoms with E-state index in [9.17, 15) is 4.39 Å². The van der Waals surface area contributed by atoms with Crippen LogP contribution in [0.2, 0.25) is 5.04 Å². The number of rotatable bonds is 12. The van der Waals surface area contributed by atoms with Crippen molar-refractivity contribution in [2.75, 3.05) is 53.2 Å². The average Bonchev–Trinajstić information content (AvgIpc) is 2.83. The predicted octanol–water partition coefficient (Wildman–Crippen LogP) is 3.21. The van der Waals surface area contributed by atoms with Crippen molar-refractivity contribution in [2.24, 2.45) is 11.7 Å². The number of piperidine rings is 1. The molecule has 0 aliphatic carbocycles. The van der Waals surface area contributed by atoms with Crippen LogP contribution in [0.15, 0.2) is 60.7 Å². The van der Waals surface area contributed by atoms with Crippen molar-refractivity contribution in [1.82, 2.24) is 4.90 Å². The van der Waals surface area contributed by atoms with E-state index in [1.807, 2.05) is 11.9 Å². The van der Waals surface area contributed by atoms with Gasteiger partial charge in [-0.3, -0.25) is 0 Å². The highest BCUT2D eigenvalue weighted by molar-refractivity contribution is 6.99. The van der Waals surface area contributed by atoms with Gasteiger partial charge < -0.3 is 24.5 Å². The Kier molecular flexibility index (Phi) is 10.5. The largest absolute Gasteiger partial charge is 0.405 e. The van der Waals surface area contributed by atoms with Gasteiger partial charge in [0.2, 0.25) is 0 Å². The van der Waals surface area contributed by atoms with Crippen molar-refractivity contribution in [3.05, 3.63) is 60.7 Å². The maximum atomic E-state index is 14.0. The number of likely N-dealkylation sites (tertiary alicyclic amines) is 1. The molecule has 0 unspecified atom stereocenters. The second kappa shape index (κ2) is 13.1. The van der Waals surface area contributed by atoms with E-state index in [2.05, 4.69) is 81.4 Å². The van der Waals surface area contributed by atoms with Gasteiger partial charge in [-0.2, -0.15) is 0 Å². The zero-order valence-electron chi connectivity index (χ0n) is 21.8. The first-order valence-corrected chi connectivity index (χ1v) is 14.6. The molecule has 1 heterocycles. The summed E-state index contributed by atoms with van der Waals surface area (Å²) >= 11 is 0. The van der Waals surface area contributed by atoms with Gasteiger partial charge in [-0.1, -0.05) is 81.4 Å². The van der Waals surface area contributed by atoms with Crippen LogP contribution in [-0.4, -0.2) is 78.6 Å². The van der Waals surface area contributed by atoms with Crippen molar-refractivity contribution >= 4 is 18.7 Å². The summed E-state index contributed by atoms with van der Waals surface area (Å²) in [4.78, 5) is 2.01. The lowest BCUT2D eigenvalue weighted by Crippen LogP contribution is -2.66.